The molecule has 1 unspecified atom stereocenters. The molecule has 0 bridgehead atoms. The van der Waals surface area contributed by atoms with E-state index in [1.165, 1.54) is 0 Å². The largest absolute Gasteiger partial charge is 0.564 e. The first-order valence-corrected chi connectivity index (χ1v) is 13.4. The van der Waals surface area contributed by atoms with Gasteiger partial charge < -0.3 is 40.2 Å². The van der Waals surface area contributed by atoms with Crippen molar-refractivity contribution in [1.29, 1.82) is 0 Å². The highest BCUT2D eigenvalue weighted by Crippen LogP contribution is 2.28. The Morgan fingerprint density at radius 1 is 0.929 bits per heavy atom. The minimum absolute atomic E-state index is 0.0231. The maximum absolute atomic E-state index is 5.77. The Morgan fingerprint density at radius 3 is 1.14 bits per heavy atom. The average Bonchev–Trinajstić information content (AvgIpc) is 1.81. The van der Waals surface area contributed by atoms with E-state index < -0.39 is 9.39 Å². The summed E-state index contributed by atoms with van der Waals surface area (Å²) in [6.45, 7) is 8.70. The Kier molecular flexibility index (Phi) is 12.6. The lowest BCUT2D eigenvalue weighted by molar-refractivity contribution is 0.332. The topological polar surface area (TPSA) is 3.24 Å². The normalized spacial score (nSPS) is 12.9. The maximum atomic E-state index is 5.77. The Labute approximate surface area is 112 Å². The quantitative estimate of drug-likeness (QED) is 0.519. The Hall–Kier alpha value is 2.37. The van der Waals surface area contributed by atoms with Crippen LogP contribution < -0.4 is 0 Å². The molecule has 0 saturated heterocycles. The van der Waals surface area contributed by atoms with Crippen molar-refractivity contribution in [3.63, 3.8) is 0 Å². The van der Waals surface area contributed by atoms with Crippen LogP contribution in [0.2, 0.25) is 0 Å². The van der Waals surface area contributed by atoms with E-state index in [1.807, 2.05) is 0 Å². The molecule has 0 aromatic carbocycles. The summed E-state index contributed by atoms with van der Waals surface area (Å²) in [7, 11) is 17.0. The van der Waals surface area contributed by atoms with E-state index in [9.17, 15) is 0 Å². The van der Waals surface area contributed by atoms with Crippen molar-refractivity contribution in [3.05, 3.63) is 0 Å². The lowest BCUT2D eigenvalue weighted by Gasteiger charge is -2.20. The summed E-state index contributed by atoms with van der Waals surface area (Å²) in [5.74, 6) is 0. The summed E-state index contributed by atoms with van der Waals surface area (Å²) in [6.07, 6.45) is 0. The first kappa shape index (κ1) is 18.7. The molecule has 0 heterocycles. The number of rotatable bonds is 3. The highest BCUT2D eigenvalue weighted by molar-refractivity contribution is 7.81. The molecule has 0 spiro atoms. The van der Waals surface area contributed by atoms with Gasteiger partial charge >= 0.3 is 9.39 Å². The molecule has 0 aliphatic rings. The number of nitrogens with zero attached hydrogens (tertiary/aromatic N) is 1. The molecule has 0 aliphatic heterocycles. The predicted molar refractivity (Wildman–Crippen MR) is 76.8 cm³/mol. The van der Waals surface area contributed by atoms with Crippen molar-refractivity contribution in [1.82, 2.24) is 4.67 Å². The van der Waals surface area contributed by atoms with Crippen LogP contribution in [-0.4, -0.2) is 26.1 Å². The van der Waals surface area contributed by atoms with Gasteiger partial charge in [-0.2, -0.15) is 4.67 Å². The second kappa shape index (κ2) is 9.41. The van der Waals surface area contributed by atoms with Crippen molar-refractivity contribution in [3.8, 4) is 0 Å². The summed E-state index contributed by atoms with van der Waals surface area (Å²) < 4.78 is 2.31. The molecule has 14 heavy (non-hydrogen) atoms. The van der Waals surface area contributed by atoms with Gasteiger partial charge in [0.1, 0.15) is 11.2 Å². The molecule has 88 valence electrons. The molecule has 0 N–H and O–H groups in total. The van der Waals surface area contributed by atoms with Gasteiger partial charge in [-0.25, -0.2) is 0 Å². The third-order valence-electron chi connectivity index (χ3n) is 1.31. The van der Waals surface area contributed by atoms with Crippen molar-refractivity contribution >= 4 is 68.9 Å². The molecule has 1 nitrogen and oxygen atoms in total. The predicted octanol–water partition coefficient (Wildman–Crippen LogP) is 4.96. The maximum Gasteiger partial charge on any atom is 0.564 e. The van der Waals surface area contributed by atoms with Gasteiger partial charge in [-0.15, -0.1) is 0 Å². The number of halogens is 5. The van der Waals surface area contributed by atoms with Crippen LogP contribution in [0.25, 0.3) is 0 Å². The van der Waals surface area contributed by atoms with Crippen molar-refractivity contribution in [2.75, 3.05) is 0 Å². The second-order valence-corrected chi connectivity index (χ2v) is 17.5. The van der Waals surface area contributed by atoms with Gasteiger partial charge in [-0.1, -0.05) is 0 Å². The highest BCUT2D eigenvalue weighted by atomic mass is 35.9. The van der Waals surface area contributed by atoms with E-state index in [1.54, 1.807) is 0 Å². The Balaban J connectivity index is 0. The molecule has 0 aliphatic carbocycles. The van der Waals surface area contributed by atoms with Gasteiger partial charge in [-0.05, 0) is 27.7 Å². The van der Waals surface area contributed by atoms with Gasteiger partial charge in [0, 0.05) is 12.1 Å². The van der Waals surface area contributed by atoms with E-state index in [4.69, 9.17) is 51.4 Å². The smallest absolute Gasteiger partial charge is 0.391 e. The van der Waals surface area contributed by atoms with Crippen molar-refractivity contribution < 1.29 is 0 Å². The van der Waals surface area contributed by atoms with Crippen LogP contribution in [0.1, 0.15) is 27.7 Å². The van der Waals surface area contributed by atoms with Crippen molar-refractivity contribution in [2.45, 2.75) is 39.8 Å². The molecule has 0 aromatic heterocycles. The summed E-state index contributed by atoms with van der Waals surface area (Å²) in [5, 5.41) is 0. The molecule has 0 radical (unpaired) electrons. The molecular formula is C6H16AlCl5NP. The van der Waals surface area contributed by atoms with Crippen LogP contribution in [-0.2, 0) is 0 Å². The fraction of sp³-hybridized carbons (Fsp3) is 1.00. The zero-order valence-corrected chi connectivity index (χ0v) is 14.7. The molecular weight excluding hydrogens is 321 g/mol. The first-order chi connectivity index (χ1) is 6.09. The molecule has 8 heteroatoms. The molecule has 0 saturated carbocycles. The van der Waals surface area contributed by atoms with E-state index in [0.717, 1.165) is 0 Å². The zero-order valence-electron chi connectivity index (χ0n) is 8.65. The highest BCUT2D eigenvalue weighted by Gasteiger charge is 2.16. The molecule has 0 amide bonds. The minimum atomic E-state index is -2.94. The third-order valence-corrected chi connectivity index (χ3v) is 3.40. The van der Waals surface area contributed by atoms with E-state index >= 15 is 0 Å². The fourth-order valence-corrected chi connectivity index (χ4v) is 2.62. The standard InChI is InChI=1S/C6H15ClNP.Al.4ClH/c1-5(2)8(9-7)6(3)4;;;;;/h5-6,9H,1-4H3;;4*1H/q;+3;;;;/p-3. The SMILES string of the molecule is CC(C)N([PH2+]Cl)C(C)C.[Cl][Al-]([Cl])([Cl])[Cl]. The third kappa shape index (κ3) is 16.8. The lowest BCUT2D eigenvalue weighted by atomic mass is 10.3. The summed E-state index contributed by atoms with van der Waals surface area (Å²) in [5.41, 5.74) is 0. The van der Waals surface area contributed by atoms with Crippen LogP contribution in [0.5, 0.6) is 0 Å². The van der Waals surface area contributed by atoms with Crippen molar-refractivity contribution in [2.24, 2.45) is 0 Å². The lowest BCUT2D eigenvalue weighted by Crippen LogP contribution is -2.28. The number of hydrogen-bond acceptors (Lipinski definition) is 1. The van der Waals surface area contributed by atoms with Gasteiger partial charge in [0.25, 0.3) is 0 Å². The van der Waals surface area contributed by atoms with E-state index in [-0.39, 0.29) is 8.08 Å². The van der Waals surface area contributed by atoms with E-state index in [0.29, 0.717) is 12.1 Å². The molecule has 1 atom stereocenters. The van der Waals surface area contributed by atoms with Crippen LogP contribution in [0.15, 0.2) is 0 Å². The fourth-order valence-electron chi connectivity index (χ4n) is 0.822. The van der Waals surface area contributed by atoms with Gasteiger partial charge in [0.2, 0.25) is 0 Å². The summed E-state index contributed by atoms with van der Waals surface area (Å²) in [6, 6.07) is 1.19. The Morgan fingerprint density at radius 2 is 1.14 bits per heavy atom. The first-order valence-electron chi connectivity index (χ1n) is 4.18. The average molecular weight is 337 g/mol. The Bertz CT molecular complexity index is 127. The van der Waals surface area contributed by atoms with Crippen LogP contribution in [0.3, 0.4) is 0 Å². The monoisotopic (exact) mass is 335 g/mol. The summed E-state index contributed by atoms with van der Waals surface area (Å²) in [4.78, 5) is 0. The van der Waals surface area contributed by atoms with Crippen LogP contribution >= 0.6 is 59.5 Å². The number of hydrogen-bond donors (Lipinski definition) is 0. The minimum Gasteiger partial charge on any atom is -0.391 e. The second-order valence-electron chi connectivity index (χ2n) is 3.23. The van der Waals surface area contributed by atoms with E-state index in [2.05, 4.69) is 32.4 Å². The molecule has 0 aromatic rings. The van der Waals surface area contributed by atoms with Crippen LogP contribution in [0, 0.1) is 0 Å². The van der Waals surface area contributed by atoms with Crippen LogP contribution in [0.4, 0.5) is 0 Å². The zero-order chi connectivity index (χ0) is 11.9. The van der Waals surface area contributed by atoms with Gasteiger partial charge in [0.05, 0.1) is 0 Å². The summed E-state index contributed by atoms with van der Waals surface area (Å²) >= 11 is 5.77. The van der Waals surface area contributed by atoms with Gasteiger partial charge in [-0.3, -0.25) is 0 Å². The molecule has 0 rings (SSSR count). The van der Waals surface area contributed by atoms with Gasteiger partial charge in [0.15, 0.2) is 8.08 Å². The molecule has 0 fully saturated rings.